The van der Waals surface area contributed by atoms with Gasteiger partial charge in [0, 0.05) is 24.5 Å². The van der Waals surface area contributed by atoms with Gasteiger partial charge < -0.3 is 15.0 Å². The van der Waals surface area contributed by atoms with Crippen LogP contribution < -0.4 is 14.9 Å². The number of carbonyl (C=O) groups excluding carboxylic acids is 1. The van der Waals surface area contributed by atoms with Gasteiger partial charge in [0.25, 0.3) is 15.9 Å². The van der Waals surface area contributed by atoms with Gasteiger partial charge in [0.05, 0.1) is 28.4 Å². The smallest absolute Gasteiger partial charge is 0.261 e. The molecule has 9 heteroatoms. The lowest BCUT2D eigenvalue weighted by Crippen LogP contribution is -2.45. The molecule has 3 aromatic carbocycles. The summed E-state index contributed by atoms with van der Waals surface area (Å²) in [5, 5.41) is 2.81. The Hall–Kier alpha value is -3.43. The van der Waals surface area contributed by atoms with Gasteiger partial charge in [-0.15, -0.1) is 0 Å². The predicted molar refractivity (Wildman–Crippen MR) is 130 cm³/mol. The minimum Gasteiger partial charge on any atom is -0.372 e. The first-order chi connectivity index (χ1) is 16.2. The SMILES string of the molecule is CC1CN(c2ccc(NC(=O)c3ccccc3NS(=O)(=O)c3ccc(F)cc3)cc2)CC(C)O1. The molecule has 1 aliphatic rings. The van der Waals surface area contributed by atoms with Crippen LogP contribution in [0.5, 0.6) is 0 Å². The number of carbonyl (C=O) groups is 1. The number of amides is 1. The van der Waals surface area contributed by atoms with E-state index in [1.165, 1.54) is 12.1 Å². The zero-order chi connectivity index (χ0) is 24.3. The maximum Gasteiger partial charge on any atom is 0.261 e. The van der Waals surface area contributed by atoms with Gasteiger partial charge >= 0.3 is 0 Å². The Morgan fingerprint density at radius 2 is 1.56 bits per heavy atom. The molecule has 3 aromatic rings. The molecular weight excluding hydrogens is 457 g/mol. The summed E-state index contributed by atoms with van der Waals surface area (Å²) in [5.74, 6) is -0.999. The number of anilines is 3. The number of para-hydroxylation sites is 1. The van der Waals surface area contributed by atoms with E-state index in [1.54, 1.807) is 12.1 Å². The van der Waals surface area contributed by atoms with Gasteiger partial charge in [-0.25, -0.2) is 12.8 Å². The Morgan fingerprint density at radius 3 is 2.21 bits per heavy atom. The highest BCUT2D eigenvalue weighted by Gasteiger charge is 2.23. The van der Waals surface area contributed by atoms with Gasteiger partial charge in [-0.1, -0.05) is 12.1 Å². The van der Waals surface area contributed by atoms with E-state index in [9.17, 15) is 17.6 Å². The van der Waals surface area contributed by atoms with Crippen molar-refractivity contribution in [3.05, 3.63) is 84.2 Å². The summed E-state index contributed by atoms with van der Waals surface area (Å²) in [6.07, 6.45) is 0.275. The molecule has 2 N–H and O–H groups in total. The van der Waals surface area contributed by atoms with Crippen LogP contribution in [0, 0.1) is 5.82 Å². The lowest BCUT2D eigenvalue weighted by Gasteiger charge is -2.36. The van der Waals surface area contributed by atoms with Gasteiger partial charge in [-0.05, 0) is 74.5 Å². The van der Waals surface area contributed by atoms with Crippen LogP contribution in [0.3, 0.4) is 0 Å². The van der Waals surface area contributed by atoms with Crippen molar-refractivity contribution < 1.29 is 22.3 Å². The molecule has 1 saturated heterocycles. The van der Waals surface area contributed by atoms with Crippen molar-refractivity contribution in [2.45, 2.75) is 31.0 Å². The number of nitrogens with one attached hydrogen (secondary N) is 2. The molecule has 178 valence electrons. The summed E-state index contributed by atoms with van der Waals surface area (Å²) in [4.78, 5) is 15.1. The van der Waals surface area contributed by atoms with Gasteiger partial charge in [0.2, 0.25) is 0 Å². The largest absolute Gasteiger partial charge is 0.372 e. The lowest BCUT2D eigenvalue weighted by atomic mass is 10.1. The van der Waals surface area contributed by atoms with Crippen LogP contribution in [0.4, 0.5) is 21.5 Å². The molecule has 7 nitrogen and oxygen atoms in total. The fourth-order valence-electron chi connectivity index (χ4n) is 3.93. The van der Waals surface area contributed by atoms with E-state index >= 15 is 0 Å². The van der Waals surface area contributed by atoms with Crippen LogP contribution in [0.15, 0.2) is 77.7 Å². The van der Waals surface area contributed by atoms with E-state index in [0.29, 0.717) is 5.69 Å². The number of hydrogen-bond donors (Lipinski definition) is 2. The number of halogens is 1. The fourth-order valence-corrected chi connectivity index (χ4v) is 5.01. The van der Waals surface area contributed by atoms with Crippen molar-refractivity contribution in [2.75, 3.05) is 28.0 Å². The Labute approximate surface area is 198 Å². The molecule has 34 heavy (non-hydrogen) atoms. The summed E-state index contributed by atoms with van der Waals surface area (Å²) >= 11 is 0. The number of nitrogens with zero attached hydrogens (tertiary/aromatic N) is 1. The van der Waals surface area contributed by atoms with Crippen molar-refractivity contribution in [1.82, 2.24) is 0 Å². The molecule has 1 fully saturated rings. The molecule has 0 radical (unpaired) electrons. The van der Waals surface area contributed by atoms with Crippen LogP contribution >= 0.6 is 0 Å². The quantitative estimate of drug-likeness (QED) is 0.539. The predicted octanol–water partition coefficient (Wildman–Crippen LogP) is 4.49. The molecule has 0 bridgehead atoms. The highest BCUT2D eigenvalue weighted by molar-refractivity contribution is 7.92. The van der Waals surface area contributed by atoms with Gasteiger partial charge in [0.15, 0.2) is 0 Å². The second-order valence-corrected chi connectivity index (χ2v) is 9.95. The summed E-state index contributed by atoms with van der Waals surface area (Å²) in [5.41, 5.74) is 1.90. The fraction of sp³-hybridized carbons (Fsp3) is 0.240. The molecule has 1 heterocycles. The third-order valence-electron chi connectivity index (χ3n) is 5.45. The minimum atomic E-state index is -4.00. The number of rotatable bonds is 6. The Morgan fingerprint density at radius 1 is 0.941 bits per heavy atom. The minimum absolute atomic E-state index is 0.105. The summed E-state index contributed by atoms with van der Waals surface area (Å²) in [6.45, 7) is 5.66. The third-order valence-corrected chi connectivity index (χ3v) is 6.83. The zero-order valence-corrected chi connectivity index (χ0v) is 19.7. The molecule has 0 aliphatic carbocycles. The van der Waals surface area contributed by atoms with Crippen molar-refractivity contribution in [1.29, 1.82) is 0 Å². The number of sulfonamides is 1. The van der Waals surface area contributed by atoms with E-state index in [2.05, 4.69) is 14.9 Å². The molecule has 4 rings (SSSR count). The molecule has 0 spiro atoms. The van der Waals surface area contributed by atoms with E-state index in [-0.39, 0.29) is 28.4 Å². The number of hydrogen-bond acceptors (Lipinski definition) is 5. The monoisotopic (exact) mass is 483 g/mol. The van der Waals surface area contributed by atoms with E-state index < -0.39 is 21.7 Å². The second-order valence-electron chi connectivity index (χ2n) is 8.27. The molecule has 2 unspecified atom stereocenters. The molecule has 0 saturated carbocycles. The Kier molecular flexibility index (Phi) is 6.85. The molecule has 2 atom stereocenters. The average Bonchev–Trinajstić information content (AvgIpc) is 2.79. The Bertz CT molecular complexity index is 1250. The standard InChI is InChI=1S/C25H26FN3O4S/c1-17-15-29(16-18(2)33-17)21-11-9-20(10-12-21)27-25(30)23-5-3-4-6-24(23)28-34(31,32)22-13-7-19(26)8-14-22/h3-14,17-18,28H,15-16H2,1-2H3,(H,27,30). The third kappa shape index (κ3) is 5.55. The lowest BCUT2D eigenvalue weighted by molar-refractivity contribution is -0.00521. The topological polar surface area (TPSA) is 87.7 Å². The van der Waals surface area contributed by atoms with Gasteiger partial charge in [-0.3, -0.25) is 9.52 Å². The highest BCUT2D eigenvalue weighted by Crippen LogP contribution is 2.24. The highest BCUT2D eigenvalue weighted by atomic mass is 32.2. The second kappa shape index (κ2) is 9.82. The number of morpholine rings is 1. The normalized spacial score (nSPS) is 18.4. The van der Waals surface area contributed by atoms with Crippen molar-refractivity contribution in [2.24, 2.45) is 0 Å². The van der Waals surface area contributed by atoms with Crippen molar-refractivity contribution in [3.8, 4) is 0 Å². The van der Waals surface area contributed by atoms with Crippen molar-refractivity contribution in [3.63, 3.8) is 0 Å². The van der Waals surface area contributed by atoms with Crippen LogP contribution in [-0.2, 0) is 14.8 Å². The first-order valence-electron chi connectivity index (χ1n) is 10.9. The summed E-state index contributed by atoms with van der Waals surface area (Å²) in [6, 6.07) is 18.2. The van der Waals surface area contributed by atoms with Gasteiger partial charge in [-0.2, -0.15) is 0 Å². The van der Waals surface area contributed by atoms with E-state index in [4.69, 9.17) is 4.74 Å². The maximum atomic E-state index is 13.2. The van der Waals surface area contributed by atoms with Crippen LogP contribution in [0.1, 0.15) is 24.2 Å². The molecule has 1 aliphatic heterocycles. The zero-order valence-electron chi connectivity index (χ0n) is 18.9. The maximum absolute atomic E-state index is 13.2. The number of ether oxygens (including phenoxy) is 1. The molecule has 1 amide bonds. The Balaban J connectivity index is 1.48. The average molecular weight is 484 g/mol. The van der Waals surface area contributed by atoms with Crippen LogP contribution in [0.25, 0.3) is 0 Å². The van der Waals surface area contributed by atoms with E-state index in [0.717, 1.165) is 43.0 Å². The van der Waals surface area contributed by atoms with Crippen LogP contribution in [-0.4, -0.2) is 39.6 Å². The van der Waals surface area contributed by atoms with Crippen LogP contribution in [0.2, 0.25) is 0 Å². The first kappa shape index (κ1) is 23.7. The van der Waals surface area contributed by atoms with Gasteiger partial charge in [0.1, 0.15) is 5.82 Å². The first-order valence-corrected chi connectivity index (χ1v) is 12.4. The van der Waals surface area contributed by atoms with Crippen molar-refractivity contribution >= 4 is 33.0 Å². The molecular formula is C25H26FN3O4S. The van der Waals surface area contributed by atoms with E-state index in [1.807, 2.05) is 38.1 Å². The summed E-state index contributed by atoms with van der Waals surface area (Å²) < 4.78 is 46.8. The number of benzene rings is 3. The molecule has 0 aromatic heterocycles. The summed E-state index contributed by atoms with van der Waals surface area (Å²) in [7, 11) is -4.00.